The highest BCUT2D eigenvalue weighted by molar-refractivity contribution is 7.77. The molecule has 2 rings (SSSR count). The number of hydrogen-bond acceptors (Lipinski definition) is 5. The largest absolute Gasteiger partial charge is 0.481 e. The molecule has 0 aliphatic rings. The van der Waals surface area contributed by atoms with Gasteiger partial charge in [0.2, 0.25) is 0 Å². The van der Waals surface area contributed by atoms with E-state index in [1.54, 1.807) is 29.6 Å². The number of benzene rings is 2. The molecule has 0 heterocycles. The summed E-state index contributed by atoms with van der Waals surface area (Å²) in [5.74, 6) is -0.944. The summed E-state index contributed by atoms with van der Waals surface area (Å²) in [6.07, 6.45) is -4.46. The first-order valence-electron chi connectivity index (χ1n) is 8.20. The number of carboxylic acids is 1. The summed E-state index contributed by atoms with van der Waals surface area (Å²) < 4.78 is 45.7. The summed E-state index contributed by atoms with van der Waals surface area (Å²) in [6.45, 7) is -0.0531. The molecule has 0 aliphatic carbocycles. The summed E-state index contributed by atoms with van der Waals surface area (Å²) in [7, 11) is 5.48. The van der Waals surface area contributed by atoms with Crippen molar-refractivity contribution in [3.63, 3.8) is 0 Å². The van der Waals surface area contributed by atoms with Crippen LogP contribution in [0.2, 0.25) is 0 Å². The van der Waals surface area contributed by atoms with Crippen molar-refractivity contribution < 1.29 is 27.8 Å². The number of carbonyl (C=O) groups is 1. The topological polar surface area (TPSA) is 61.8 Å². The third-order valence-corrected chi connectivity index (χ3v) is 3.28. The molecule has 5 nitrogen and oxygen atoms in total. The molecule has 0 aromatic heterocycles. The summed E-state index contributed by atoms with van der Waals surface area (Å²) in [4.78, 5) is 10.7. The number of carboxylic acid groups (broad SMARTS) is 1. The van der Waals surface area contributed by atoms with Crippen molar-refractivity contribution >= 4 is 18.8 Å². The molecule has 2 aromatic rings. The molecule has 154 valence electrons. The highest BCUT2D eigenvalue weighted by atomic mass is 32.1. The molecular weight excluding hydrogens is 393 g/mol. The summed E-state index contributed by atoms with van der Waals surface area (Å²) in [5, 5.41) is 11.7. The van der Waals surface area contributed by atoms with E-state index >= 15 is 0 Å². The first-order chi connectivity index (χ1) is 13.0. The highest BCUT2D eigenvalue weighted by Gasteiger charge is 2.30. The molecule has 0 saturated heterocycles. The van der Waals surface area contributed by atoms with Gasteiger partial charge in [-0.25, -0.2) is 4.79 Å². The number of thiol groups is 1. The normalized spacial score (nSPS) is 11.0. The molecule has 2 aromatic carbocycles. The van der Waals surface area contributed by atoms with Gasteiger partial charge in [-0.15, -0.1) is 0 Å². The van der Waals surface area contributed by atoms with Crippen LogP contribution in [0.4, 0.5) is 13.2 Å². The van der Waals surface area contributed by atoms with E-state index in [1.165, 1.54) is 12.1 Å². The summed E-state index contributed by atoms with van der Waals surface area (Å²) in [6, 6.07) is 9.81. The van der Waals surface area contributed by atoms with E-state index in [2.05, 4.69) is 18.1 Å². The van der Waals surface area contributed by atoms with Crippen LogP contribution < -0.4 is 10.1 Å². The molecule has 0 spiro atoms. The molecule has 0 amide bonds. The Labute approximate surface area is 167 Å². The van der Waals surface area contributed by atoms with Crippen molar-refractivity contribution in [3.8, 4) is 16.9 Å². The molecule has 2 N–H and O–H groups in total. The number of ether oxygens (including phenoxy) is 1. The second-order valence-electron chi connectivity index (χ2n) is 5.97. The molecule has 0 saturated carbocycles. The van der Waals surface area contributed by atoms with Crippen LogP contribution in [0, 0.1) is 0 Å². The number of nitrogens with zero attached hydrogens (tertiary/aromatic N) is 1. The Morgan fingerprint density at radius 2 is 1.86 bits per heavy atom. The van der Waals surface area contributed by atoms with Crippen molar-refractivity contribution in [1.82, 2.24) is 9.62 Å². The van der Waals surface area contributed by atoms with E-state index in [4.69, 9.17) is 9.84 Å². The van der Waals surface area contributed by atoms with Crippen LogP contribution in [0.3, 0.4) is 0 Å². The smallest absolute Gasteiger partial charge is 0.416 e. The minimum absolute atomic E-state index is 0.219. The predicted octanol–water partition coefficient (Wildman–Crippen LogP) is 3.95. The van der Waals surface area contributed by atoms with Crippen LogP contribution in [0.15, 0.2) is 42.5 Å². The number of halogens is 3. The van der Waals surface area contributed by atoms with E-state index in [1.807, 2.05) is 14.1 Å². The average Bonchev–Trinajstić information content (AvgIpc) is 2.59. The molecule has 28 heavy (non-hydrogen) atoms. The minimum Gasteiger partial charge on any atom is -0.481 e. The van der Waals surface area contributed by atoms with Gasteiger partial charge in [-0.2, -0.15) is 13.2 Å². The number of alkyl halides is 3. The van der Waals surface area contributed by atoms with E-state index in [9.17, 15) is 18.0 Å². The lowest BCUT2D eigenvalue weighted by Crippen LogP contribution is -2.11. The lowest BCUT2D eigenvalue weighted by Gasteiger charge is -2.14. The Morgan fingerprint density at radius 1 is 1.21 bits per heavy atom. The van der Waals surface area contributed by atoms with Crippen LogP contribution in [-0.4, -0.2) is 43.1 Å². The van der Waals surface area contributed by atoms with Crippen LogP contribution in [-0.2, 0) is 17.5 Å². The van der Waals surface area contributed by atoms with Gasteiger partial charge in [0.15, 0.2) is 6.61 Å². The van der Waals surface area contributed by atoms with E-state index < -0.39 is 24.3 Å². The first kappa shape index (κ1) is 23.8. The lowest BCUT2D eigenvalue weighted by atomic mass is 9.99. The maximum Gasteiger partial charge on any atom is 0.416 e. The van der Waals surface area contributed by atoms with Gasteiger partial charge in [-0.05, 0) is 56.5 Å². The number of hydrogen-bond donors (Lipinski definition) is 3. The van der Waals surface area contributed by atoms with Crippen molar-refractivity contribution in [1.29, 1.82) is 0 Å². The van der Waals surface area contributed by atoms with Gasteiger partial charge < -0.3 is 15.2 Å². The molecule has 0 radical (unpaired) electrons. The fraction of sp³-hybridized carbons (Fsp3) is 0.316. The molecule has 0 fully saturated rings. The first-order valence-corrected chi connectivity index (χ1v) is 8.60. The molecule has 9 heteroatoms. The Balaban J connectivity index is 0.000000892. The molecular formula is C19H23F3N2O3S. The average molecular weight is 416 g/mol. The predicted molar refractivity (Wildman–Crippen MR) is 105 cm³/mol. The lowest BCUT2D eigenvalue weighted by molar-refractivity contribution is -0.139. The number of nitrogens with one attached hydrogen (secondary N) is 1. The standard InChI is InChI=1S/C17H16F3NO3.C2H7NS/c1-21-9-11-5-6-15(24-10-16(22)23)14(7-11)12-3-2-4-13(8-12)17(18,19)20;1-3(2)4/h2-8,21H,9-10H2,1H3,(H,22,23);4H,1-2H3. The zero-order valence-electron chi connectivity index (χ0n) is 15.7. The summed E-state index contributed by atoms with van der Waals surface area (Å²) >= 11 is 3.80. The van der Waals surface area contributed by atoms with Gasteiger partial charge in [0, 0.05) is 12.1 Å². The molecule has 0 bridgehead atoms. The fourth-order valence-electron chi connectivity index (χ4n) is 2.25. The van der Waals surface area contributed by atoms with Crippen LogP contribution >= 0.6 is 12.8 Å². The highest BCUT2D eigenvalue weighted by Crippen LogP contribution is 2.36. The monoisotopic (exact) mass is 416 g/mol. The Kier molecular flexibility index (Phi) is 9.30. The quantitative estimate of drug-likeness (QED) is 0.623. The third-order valence-electron chi connectivity index (χ3n) is 3.28. The van der Waals surface area contributed by atoms with Gasteiger partial charge in [-0.3, -0.25) is 4.31 Å². The van der Waals surface area contributed by atoms with E-state index in [0.717, 1.165) is 17.7 Å². The maximum absolute atomic E-state index is 12.9. The van der Waals surface area contributed by atoms with Crippen molar-refractivity contribution in [2.45, 2.75) is 12.7 Å². The Hall–Kier alpha value is -2.23. The zero-order chi connectivity index (χ0) is 21.3. The second-order valence-corrected chi connectivity index (χ2v) is 6.77. The van der Waals surface area contributed by atoms with Crippen LogP contribution in [0.5, 0.6) is 5.75 Å². The third kappa shape index (κ3) is 8.20. The number of rotatable bonds is 6. The van der Waals surface area contributed by atoms with E-state index in [0.29, 0.717) is 17.7 Å². The van der Waals surface area contributed by atoms with Gasteiger partial charge in [0.1, 0.15) is 5.75 Å². The van der Waals surface area contributed by atoms with Crippen LogP contribution in [0.1, 0.15) is 11.1 Å². The van der Waals surface area contributed by atoms with Gasteiger partial charge in [0.05, 0.1) is 5.56 Å². The van der Waals surface area contributed by atoms with Gasteiger partial charge >= 0.3 is 12.1 Å². The summed E-state index contributed by atoms with van der Waals surface area (Å²) in [5.41, 5.74) is 0.786. The molecule has 0 aliphatic heterocycles. The SMILES string of the molecule is CN(C)S.CNCc1ccc(OCC(=O)O)c(-c2cccc(C(F)(F)F)c2)c1. The van der Waals surface area contributed by atoms with Crippen molar-refractivity contribution in [2.24, 2.45) is 0 Å². The Bertz CT molecular complexity index is 781. The van der Waals surface area contributed by atoms with Crippen molar-refractivity contribution in [2.75, 3.05) is 27.7 Å². The van der Waals surface area contributed by atoms with Gasteiger partial charge in [0.25, 0.3) is 0 Å². The maximum atomic E-state index is 12.9. The molecule has 0 unspecified atom stereocenters. The molecule has 0 atom stereocenters. The Morgan fingerprint density at radius 3 is 2.39 bits per heavy atom. The fourth-order valence-corrected chi connectivity index (χ4v) is 2.25. The zero-order valence-corrected chi connectivity index (χ0v) is 16.6. The van der Waals surface area contributed by atoms with E-state index in [-0.39, 0.29) is 5.75 Å². The number of aliphatic carboxylic acids is 1. The van der Waals surface area contributed by atoms with Crippen molar-refractivity contribution in [3.05, 3.63) is 53.6 Å². The second kappa shape index (κ2) is 10.9. The van der Waals surface area contributed by atoms with Crippen LogP contribution in [0.25, 0.3) is 11.1 Å². The van der Waals surface area contributed by atoms with Gasteiger partial charge in [-0.1, -0.05) is 31.0 Å². The minimum atomic E-state index is -4.46.